The van der Waals surface area contributed by atoms with Crippen LogP contribution in [-0.4, -0.2) is 24.3 Å². The van der Waals surface area contributed by atoms with Gasteiger partial charge in [0.2, 0.25) is 0 Å². The predicted octanol–water partition coefficient (Wildman–Crippen LogP) is 4.28. The van der Waals surface area contributed by atoms with Crippen LogP contribution in [0.2, 0.25) is 0 Å². The molecule has 0 spiro atoms. The van der Waals surface area contributed by atoms with Gasteiger partial charge < -0.3 is 15.4 Å². The van der Waals surface area contributed by atoms with E-state index in [9.17, 15) is 4.79 Å². The van der Waals surface area contributed by atoms with Crippen LogP contribution in [0.4, 0.5) is 4.79 Å². The van der Waals surface area contributed by atoms with Gasteiger partial charge in [0.25, 0.3) is 0 Å². The first-order valence-electron chi connectivity index (χ1n) is 6.31. The van der Waals surface area contributed by atoms with Crippen LogP contribution in [0.5, 0.6) is 0 Å². The third kappa shape index (κ3) is 7.06. The number of ether oxygens (including phenoxy) is 1. The monoisotopic (exact) mass is 426 g/mol. The van der Waals surface area contributed by atoms with E-state index < -0.39 is 5.60 Å². The second-order valence-electron chi connectivity index (χ2n) is 5.51. The summed E-state index contributed by atoms with van der Waals surface area (Å²) in [6.45, 7) is 8.95. The maximum atomic E-state index is 11.6. The van der Waals surface area contributed by atoms with Crippen molar-refractivity contribution in [2.45, 2.75) is 45.9 Å². The van der Waals surface area contributed by atoms with Gasteiger partial charge in [-0.2, -0.15) is 0 Å². The summed E-state index contributed by atoms with van der Waals surface area (Å²) in [7, 11) is 0. The fraction of sp³-hybridized carbons (Fsp3) is 0.615. The minimum absolute atomic E-state index is 0.0108. The zero-order valence-corrected chi connectivity index (χ0v) is 16.0. The van der Waals surface area contributed by atoms with Gasteiger partial charge in [0.15, 0.2) is 0 Å². The highest BCUT2D eigenvalue weighted by Crippen LogP contribution is 2.32. The molecule has 1 heterocycles. The Labute approximate surface area is 140 Å². The van der Waals surface area contributed by atoms with Crippen LogP contribution < -0.4 is 10.6 Å². The molecule has 0 saturated carbocycles. The van der Waals surface area contributed by atoms with E-state index >= 15 is 0 Å². The number of carbonyl (C=O) groups excluding carboxylic acids is 1. The van der Waals surface area contributed by atoms with Crippen LogP contribution in [0.3, 0.4) is 0 Å². The maximum Gasteiger partial charge on any atom is 0.407 e. The van der Waals surface area contributed by atoms with E-state index in [-0.39, 0.29) is 12.1 Å². The highest BCUT2D eigenvalue weighted by molar-refractivity contribution is 9.13. The van der Waals surface area contributed by atoms with Gasteiger partial charge in [-0.15, -0.1) is 11.3 Å². The van der Waals surface area contributed by atoms with Gasteiger partial charge in [-0.1, -0.05) is 0 Å². The number of hydrogen-bond acceptors (Lipinski definition) is 4. The molecule has 0 saturated heterocycles. The van der Waals surface area contributed by atoms with Crippen LogP contribution in [0, 0.1) is 0 Å². The lowest BCUT2D eigenvalue weighted by Gasteiger charge is -2.22. The topological polar surface area (TPSA) is 50.4 Å². The molecule has 1 aromatic heterocycles. The first-order chi connectivity index (χ1) is 9.17. The van der Waals surface area contributed by atoms with E-state index in [0.29, 0.717) is 6.54 Å². The molecule has 0 aliphatic carbocycles. The fourth-order valence-electron chi connectivity index (χ4n) is 1.45. The maximum absolute atomic E-state index is 11.6. The molecule has 114 valence electrons. The SMILES string of the molecule is CC(CNCc1cc(Br)c(Br)s1)NC(=O)OC(C)(C)C. The summed E-state index contributed by atoms with van der Waals surface area (Å²) in [5.74, 6) is 0. The van der Waals surface area contributed by atoms with Crippen molar-refractivity contribution in [1.82, 2.24) is 10.6 Å². The summed E-state index contributed by atoms with van der Waals surface area (Å²) >= 11 is 8.61. The number of halogens is 2. The molecular formula is C13H20Br2N2O2S. The van der Waals surface area contributed by atoms with Crippen molar-refractivity contribution >= 4 is 49.3 Å². The number of alkyl carbamates (subject to hydrolysis) is 1. The quantitative estimate of drug-likeness (QED) is 0.737. The molecule has 0 bridgehead atoms. The smallest absolute Gasteiger partial charge is 0.407 e. The number of amides is 1. The van der Waals surface area contributed by atoms with Crippen molar-refractivity contribution in [2.75, 3.05) is 6.54 Å². The van der Waals surface area contributed by atoms with Gasteiger partial charge >= 0.3 is 6.09 Å². The minimum atomic E-state index is -0.466. The lowest BCUT2D eigenvalue weighted by Crippen LogP contribution is -2.42. The molecule has 0 radical (unpaired) electrons. The fourth-order valence-corrected chi connectivity index (χ4v) is 3.60. The van der Waals surface area contributed by atoms with Crippen LogP contribution >= 0.6 is 43.2 Å². The molecule has 1 amide bonds. The Balaban J connectivity index is 2.26. The van der Waals surface area contributed by atoms with Crippen LogP contribution in [0.15, 0.2) is 14.3 Å². The van der Waals surface area contributed by atoms with Crippen molar-refractivity contribution in [3.8, 4) is 0 Å². The Bertz CT molecular complexity index is 438. The number of rotatable bonds is 5. The lowest BCUT2D eigenvalue weighted by atomic mass is 10.2. The molecule has 0 aliphatic heterocycles. The normalized spacial score (nSPS) is 13.1. The molecule has 1 rings (SSSR count). The molecule has 4 nitrogen and oxygen atoms in total. The van der Waals surface area contributed by atoms with Crippen LogP contribution in [0.25, 0.3) is 0 Å². The van der Waals surface area contributed by atoms with E-state index in [4.69, 9.17) is 4.74 Å². The number of carbonyl (C=O) groups is 1. The van der Waals surface area contributed by atoms with E-state index in [0.717, 1.165) is 14.8 Å². The highest BCUT2D eigenvalue weighted by Gasteiger charge is 2.17. The standard InChI is InChI=1S/C13H20Br2N2O2S/c1-8(17-12(18)19-13(2,3)4)6-16-7-9-5-10(14)11(15)20-9/h5,8,16H,6-7H2,1-4H3,(H,17,18). The summed E-state index contributed by atoms with van der Waals surface area (Å²) in [6.07, 6.45) is -0.381. The van der Waals surface area contributed by atoms with E-state index in [2.05, 4.69) is 48.6 Å². The molecular weight excluding hydrogens is 408 g/mol. The van der Waals surface area contributed by atoms with E-state index in [1.165, 1.54) is 4.88 Å². The molecule has 1 atom stereocenters. The van der Waals surface area contributed by atoms with Gasteiger partial charge in [0.05, 0.1) is 3.79 Å². The average Bonchev–Trinajstić information content (AvgIpc) is 2.55. The summed E-state index contributed by atoms with van der Waals surface area (Å²) in [5.41, 5.74) is -0.466. The molecule has 20 heavy (non-hydrogen) atoms. The van der Waals surface area contributed by atoms with Gasteiger partial charge in [-0.3, -0.25) is 0 Å². The van der Waals surface area contributed by atoms with Crippen molar-refractivity contribution in [3.63, 3.8) is 0 Å². The average molecular weight is 428 g/mol. The number of nitrogens with one attached hydrogen (secondary N) is 2. The summed E-state index contributed by atoms with van der Waals surface area (Å²) in [4.78, 5) is 12.8. The Morgan fingerprint density at radius 1 is 1.45 bits per heavy atom. The summed E-state index contributed by atoms with van der Waals surface area (Å²) in [5, 5.41) is 6.11. The van der Waals surface area contributed by atoms with Crippen LogP contribution in [-0.2, 0) is 11.3 Å². The largest absolute Gasteiger partial charge is 0.444 e. The molecule has 0 aliphatic rings. The number of hydrogen-bond donors (Lipinski definition) is 2. The minimum Gasteiger partial charge on any atom is -0.444 e. The van der Waals surface area contributed by atoms with Crippen LogP contribution in [0.1, 0.15) is 32.6 Å². The van der Waals surface area contributed by atoms with Gasteiger partial charge in [-0.05, 0) is 65.6 Å². The molecule has 0 fully saturated rings. The molecule has 1 aromatic rings. The van der Waals surface area contributed by atoms with Gasteiger partial charge in [0, 0.05) is 28.5 Å². The first-order valence-corrected chi connectivity index (χ1v) is 8.71. The summed E-state index contributed by atoms with van der Waals surface area (Å²) < 4.78 is 7.36. The van der Waals surface area contributed by atoms with Crippen molar-refractivity contribution < 1.29 is 9.53 Å². The molecule has 2 N–H and O–H groups in total. The molecule has 7 heteroatoms. The second kappa shape index (κ2) is 7.77. The Kier molecular flexibility index (Phi) is 6.97. The Morgan fingerprint density at radius 2 is 2.10 bits per heavy atom. The zero-order chi connectivity index (χ0) is 15.3. The third-order valence-corrected chi connectivity index (χ3v) is 5.47. The highest BCUT2D eigenvalue weighted by atomic mass is 79.9. The lowest BCUT2D eigenvalue weighted by molar-refractivity contribution is 0.0508. The third-order valence-electron chi connectivity index (χ3n) is 2.21. The predicted molar refractivity (Wildman–Crippen MR) is 90.3 cm³/mol. The van der Waals surface area contributed by atoms with E-state index in [1.54, 1.807) is 11.3 Å². The zero-order valence-electron chi connectivity index (χ0n) is 12.0. The molecule has 1 unspecified atom stereocenters. The summed E-state index contributed by atoms with van der Waals surface area (Å²) in [6, 6.07) is 2.09. The van der Waals surface area contributed by atoms with Crippen molar-refractivity contribution in [1.29, 1.82) is 0 Å². The Morgan fingerprint density at radius 3 is 2.60 bits per heavy atom. The van der Waals surface area contributed by atoms with E-state index in [1.807, 2.05) is 27.7 Å². The number of thiophene rings is 1. The van der Waals surface area contributed by atoms with Crippen molar-refractivity contribution in [2.24, 2.45) is 0 Å². The molecule has 0 aromatic carbocycles. The Hall–Kier alpha value is -0.110. The van der Waals surface area contributed by atoms with Gasteiger partial charge in [0.1, 0.15) is 5.60 Å². The second-order valence-corrected chi connectivity index (χ2v) is 8.82. The van der Waals surface area contributed by atoms with Crippen molar-refractivity contribution in [3.05, 3.63) is 19.2 Å². The van der Waals surface area contributed by atoms with Gasteiger partial charge in [-0.25, -0.2) is 4.79 Å². The first kappa shape index (κ1) is 17.9.